The van der Waals surface area contributed by atoms with E-state index in [1.807, 2.05) is 18.2 Å². The van der Waals surface area contributed by atoms with Gasteiger partial charge in [0.25, 0.3) is 17.7 Å². The molecule has 0 saturated heterocycles. The number of rotatable bonds is 2. The van der Waals surface area contributed by atoms with Crippen LogP contribution >= 0.6 is 0 Å². The third kappa shape index (κ3) is 2.45. The van der Waals surface area contributed by atoms with Gasteiger partial charge in [0.1, 0.15) is 12.1 Å². The van der Waals surface area contributed by atoms with Gasteiger partial charge in [0.2, 0.25) is 0 Å². The van der Waals surface area contributed by atoms with Gasteiger partial charge >= 0.3 is 5.97 Å². The van der Waals surface area contributed by atoms with E-state index in [0.29, 0.717) is 18.5 Å². The maximum atomic E-state index is 13.7. The van der Waals surface area contributed by atoms with E-state index in [1.165, 1.54) is 12.0 Å². The van der Waals surface area contributed by atoms with E-state index in [9.17, 15) is 19.2 Å². The average Bonchev–Trinajstić information content (AvgIpc) is 2.93. The molecule has 150 valence electrons. The number of hydrogen-bond donors (Lipinski definition) is 0. The molecule has 3 aliphatic heterocycles. The first-order valence-corrected chi connectivity index (χ1v) is 9.71. The highest BCUT2D eigenvalue weighted by Gasteiger charge is 2.47. The molecule has 7 heteroatoms. The van der Waals surface area contributed by atoms with Gasteiger partial charge in [0.05, 0.1) is 23.9 Å². The van der Waals surface area contributed by atoms with Gasteiger partial charge in [-0.15, -0.1) is 0 Å². The smallest absolute Gasteiger partial charge is 0.328 e. The summed E-state index contributed by atoms with van der Waals surface area (Å²) in [6.07, 6.45) is 4.33. The lowest BCUT2D eigenvalue weighted by molar-refractivity contribution is -0.144. The number of carbonyl (C=O) groups excluding carboxylic acids is 4. The predicted octanol–water partition coefficient (Wildman–Crippen LogP) is 2.20. The third-order valence-corrected chi connectivity index (χ3v) is 5.92. The number of para-hydroxylation sites is 1. The number of aryl methyl sites for hydroxylation is 1. The molecule has 0 bridgehead atoms. The molecule has 0 N–H and O–H groups in total. The van der Waals surface area contributed by atoms with Crippen molar-refractivity contribution in [2.75, 3.05) is 12.0 Å². The van der Waals surface area contributed by atoms with Gasteiger partial charge in [0, 0.05) is 0 Å². The fraction of sp³-hybridized carbons (Fsp3) is 0.217. The molecule has 2 atom stereocenters. The molecule has 3 amide bonds. The van der Waals surface area contributed by atoms with Gasteiger partial charge in [-0.2, -0.15) is 0 Å². The SMILES string of the molecule is COC(=O)[C@H]1CCc2cccc3c2N1C(=O)[C@H](N1C(=O)c2ccccc2C1=O)C=C3. The Labute approximate surface area is 172 Å². The molecule has 0 aromatic heterocycles. The van der Waals surface area contributed by atoms with Crippen molar-refractivity contribution < 1.29 is 23.9 Å². The fourth-order valence-electron chi connectivity index (χ4n) is 4.52. The number of fused-ring (bicyclic) bond motifs is 1. The molecular formula is C23H18N2O5. The first-order chi connectivity index (χ1) is 14.5. The topological polar surface area (TPSA) is 84.0 Å². The molecule has 30 heavy (non-hydrogen) atoms. The van der Waals surface area contributed by atoms with E-state index in [0.717, 1.165) is 16.0 Å². The second-order valence-electron chi connectivity index (χ2n) is 7.47. The van der Waals surface area contributed by atoms with Gasteiger partial charge in [0.15, 0.2) is 0 Å². The minimum absolute atomic E-state index is 0.273. The monoisotopic (exact) mass is 402 g/mol. The predicted molar refractivity (Wildman–Crippen MR) is 108 cm³/mol. The zero-order valence-electron chi connectivity index (χ0n) is 16.2. The van der Waals surface area contributed by atoms with Crippen molar-refractivity contribution >= 4 is 35.5 Å². The van der Waals surface area contributed by atoms with Crippen molar-refractivity contribution in [1.82, 2.24) is 4.90 Å². The Bertz CT molecular complexity index is 1120. The second-order valence-corrected chi connectivity index (χ2v) is 7.47. The quantitative estimate of drug-likeness (QED) is 0.568. The summed E-state index contributed by atoms with van der Waals surface area (Å²) < 4.78 is 4.94. The molecule has 2 aromatic rings. The van der Waals surface area contributed by atoms with Gasteiger partial charge < -0.3 is 4.74 Å². The number of methoxy groups -OCH3 is 1. The summed E-state index contributed by atoms with van der Waals surface area (Å²) in [7, 11) is 1.28. The fourth-order valence-corrected chi connectivity index (χ4v) is 4.52. The van der Waals surface area contributed by atoms with Crippen LogP contribution in [0, 0.1) is 0 Å². The van der Waals surface area contributed by atoms with E-state index in [1.54, 1.807) is 36.4 Å². The van der Waals surface area contributed by atoms with Crippen LogP contribution in [0.5, 0.6) is 0 Å². The summed E-state index contributed by atoms with van der Waals surface area (Å²) in [5, 5.41) is 0. The number of imide groups is 1. The third-order valence-electron chi connectivity index (χ3n) is 5.92. The highest BCUT2D eigenvalue weighted by molar-refractivity contribution is 6.24. The van der Waals surface area contributed by atoms with E-state index >= 15 is 0 Å². The molecular weight excluding hydrogens is 384 g/mol. The van der Waals surface area contributed by atoms with Gasteiger partial charge in [-0.25, -0.2) is 4.79 Å². The number of esters is 1. The number of anilines is 1. The summed E-state index contributed by atoms with van der Waals surface area (Å²) in [5.74, 6) is -2.05. The van der Waals surface area contributed by atoms with E-state index < -0.39 is 35.8 Å². The maximum Gasteiger partial charge on any atom is 0.328 e. The molecule has 0 fully saturated rings. The number of hydrogen-bond acceptors (Lipinski definition) is 5. The average molecular weight is 402 g/mol. The summed E-state index contributed by atoms with van der Waals surface area (Å²) in [4.78, 5) is 54.6. The number of benzene rings is 2. The Kier molecular flexibility index (Phi) is 4.06. The number of nitrogens with zero attached hydrogens (tertiary/aromatic N) is 2. The highest BCUT2D eigenvalue weighted by Crippen LogP contribution is 2.39. The van der Waals surface area contributed by atoms with E-state index in [-0.39, 0.29) is 11.1 Å². The molecule has 0 radical (unpaired) electrons. The molecule has 7 nitrogen and oxygen atoms in total. The second kappa shape index (κ2) is 6.66. The van der Waals surface area contributed by atoms with Crippen molar-refractivity contribution in [1.29, 1.82) is 0 Å². The van der Waals surface area contributed by atoms with Crippen molar-refractivity contribution in [2.45, 2.75) is 24.9 Å². The van der Waals surface area contributed by atoms with E-state index in [2.05, 4.69) is 0 Å². The maximum absolute atomic E-state index is 13.7. The van der Waals surface area contributed by atoms with Crippen LogP contribution < -0.4 is 4.90 Å². The van der Waals surface area contributed by atoms with Gasteiger partial charge in [-0.05, 0) is 36.1 Å². The lowest BCUT2D eigenvalue weighted by Crippen LogP contribution is -2.56. The first kappa shape index (κ1) is 18.3. The largest absolute Gasteiger partial charge is 0.467 e. The van der Waals surface area contributed by atoms with Gasteiger partial charge in [-0.3, -0.25) is 24.2 Å². The van der Waals surface area contributed by atoms with Crippen LogP contribution in [-0.2, 0) is 20.7 Å². The van der Waals surface area contributed by atoms with Crippen LogP contribution in [0.4, 0.5) is 5.69 Å². The van der Waals surface area contributed by atoms with Crippen LogP contribution in [0.1, 0.15) is 38.3 Å². The molecule has 0 unspecified atom stereocenters. The zero-order valence-corrected chi connectivity index (χ0v) is 16.2. The minimum atomic E-state index is -1.15. The molecule has 0 aliphatic carbocycles. The Morgan fingerprint density at radius 3 is 2.33 bits per heavy atom. The highest BCUT2D eigenvalue weighted by atomic mass is 16.5. The van der Waals surface area contributed by atoms with Crippen molar-refractivity contribution in [3.05, 3.63) is 70.8 Å². The lowest BCUT2D eigenvalue weighted by atomic mass is 9.93. The molecule has 0 saturated carbocycles. The molecule has 3 heterocycles. The Morgan fingerprint density at radius 2 is 1.67 bits per heavy atom. The molecule has 0 spiro atoms. The normalized spacial score (nSPS) is 22.0. The van der Waals surface area contributed by atoms with Crippen LogP contribution in [-0.4, -0.2) is 47.8 Å². The Hall–Kier alpha value is -3.74. The number of ether oxygens (including phenoxy) is 1. The van der Waals surface area contributed by atoms with Crippen molar-refractivity contribution in [3.63, 3.8) is 0 Å². The zero-order chi connectivity index (χ0) is 21.0. The van der Waals surface area contributed by atoms with E-state index in [4.69, 9.17) is 4.74 Å². The van der Waals surface area contributed by atoms with Crippen LogP contribution in [0.3, 0.4) is 0 Å². The molecule has 3 aliphatic rings. The standard InChI is InChI=1S/C23H18N2O5/c1-30-23(29)18-12-10-14-6-4-5-13-9-11-17(22(28)24(18)19(13)14)25-20(26)15-7-2-3-8-16(15)21(25)27/h2-9,11,17-18H,10,12H2,1H3/t17-,18-/m1/s1. The Morgan fingerprint density at radius 1 is 0.967 bits per heavy atom. The van der Waals surface area contributed by atoms with Crippen LogP contribution in [0.15, 0.2) is 48.5 Å². The molecule has 5 rings (SSSR count). The molecule has 2 aromatic carbocycles. The van der Waals surface area contributed by atoms with Crippen LogP contribution in [0.25, 0.3) is 6.08 Å². The Balaban J connectivity index is 1.63. The minimum Gasteiger partial charge on any atom is -0.467 e. The van der Waals surface area contributed by atoms with Crippen LogP contribution in [0.2, 0.25) is 0 Å². The first-order valence-electron chi connectivity index (χ1n) is 9.71. The summed E-state index contributed by atoms with van der Waals surface area (Å²) >= 11 is 0. The van der Waals surface area contributed by atoms with Crippen molar-refractivity contribution in [3.8, 4) is 0 Å². The summed E-state index contributed by atoms with van der Waals surface area (Å²) in [5.41, 5.74) is 2.88. The summed E-state index contributed by atoms with van der Waals surface area (Å²) in [6, 6.07) is 10.2. The lowest BCUT2D eigenvalue weighted by Gasteiger charge is -2.38. The van der Waals surface area contributed by atoms with Gasteiger partial charge in [-0.1, -0.05) is 42.5 Å². The summed E-state index contributed by atoms with van der Waals surface area (Å²) in [6.45, 7) is 0. The number of carbonyl (C=O) groups is 4. The van der Waals surface area contributed by atoms with Crippen molar-refractivity contribution in [2.24, 2.45) is 0 Å². The number of amides is 3.